The van der Waals surface area contributed by atoms with E-state index in [4.69, 9.17) is 14.9 Å². The Morgan fingerprint density at radius 3 is 2.06 bits per heavy atom. The fraction of sp³-hybridized carbons (Fsp3) is 0.917. The molecule has 0 rings (SSSR count). The van der Waals surface area contributed by atoms with Crippen molar-refractivity contribution in [2.75, 3.05) is 33.0 Å². The number of aliphatic hydroxyl groups excluding tert-OH is 2. The molecule has 0 aromatic carbocycles. The fourth-order valence-electron chi connectivity index (χ4n) is 0.984. The molecule has 0 aliphatic carbocycles. The number of ether oxygens (including phenoxy) is 2. The highest BCUT2D eigenvalue weighted by Gasteiger charge is 1.98. The van der Waals surface area contributed by atoms with Gasteiger partial charge in [0.05, 0.1) is 33.0 Å². The van der Waals surface area contributed by atoms with Gasteiger partial charge >= 0.3 is 5.97 Å². The maximum Gasteiger partial charge on any atom is 0.305 e. The SMILES string of the molecule is CCCCCC(=O)OCC.OCCOCCO. The second-order valence-corrected chi connectivity index (χ2v) is 3.32. The Bertz CT molecular complexity index is 146. The van der Waals surface area contributed by atoms with Crippen LogP contribution in [0.5, 0.6) is 0 Å². The maximum atomic E-state index is 10.7. The number of rotatable bonds is 9. The summed E-state index contributed by atoms with van der Waals surface area (Å²) in [6, 6.07) is 0. The lowest BCUT2D eigenvalue weighted by Gasteiger charge is -1.99. The third-order valence-corrected chi connectivity index (χ3v) is 1.76. The molecule has 0 amide bonds. The minimum atomic E-state index is -0.0593. The van der Waals surface area contributed by atoms with Gasteiger partial charge in [0.2, 0.25) is 0 Å². The topological polar surface area (TPSA) is 76.0 Å². The quantitative estimate of drug-likeness (QED) is 0.473. The molecule has 0 saturated carbocycles. The average Bonchev–Trinajstić information content (AvgIpc) is 2.31. The first kappa shape index (κ1) is 18.7. The Morgan fingerprint density at radius 1 is 1.06 bits per heavy atom. The zero-order valence-corrected chi connectivity index (χ0v) is 11.0. The van der Waals surface area contributed by atoms with Gasteiger partial charge in [-0.1, -0.05) is 19.8 Å². The Morgan fingerprint density at radius 2 is 1.65 bits per heavy atom. The number of hydrogen-bond donors (Lipinski definition) is 2. The van der Waals surface area contributed by atoms with Gasteiger partial charge in [-0.2, -0.15) is 0 Å². The van der Waals surface area contributed by atoms with Crippen molar-refractivity contribution >= 4 is 5.97 Å². The third kappa shape index (κ3) is 21.2. The van der Waals surface area contributed by atoms with Crippen LogP contribution in [-0.4, -0.2) is 49.2 Å². The normalized spacial score (nSPS) is 9.41. The van der Waals surface area contributed by atoms with Crippen LogP contribution in [0, 0.1) is 0 Å². The second-order valence-electron chi connectivity index (χ2n) is 3.32. The van der Waals surface area contributed by atoms with Gasteiger partial charge in [0.25, 0.3) is 0 Å². The van der Waals surface area contributed by atoms with Gasteiger partial charge in [-0.3, -0.25) is 4.79 Å². The van der Waals surface area contributed by atoms with Crippen molar-refractivity contribution in [1.29, 1.82) is 0 Å². The molecule has 0 aliphatic rings. The van der Waals surface area contributed by atoms with E-state index in [9.17, 15) is 4.79 Å². The largest absolute Gasteiger partial charge is 0.466 e. The minimum absolute atomic E-state index is 0.0278. The number of esters is 1. The van der Waals surface area contributed by atoms with Gasteiger partial charge in [-0.15, -0.1) is 0 Å². The van der Waals surface area contributed by atoms with Crippen molar-refractivity contribution in [3.63, 3.8) is 0 Å². The molecular weight excluding hydrogens is 224 g/mol. The summed E-state index contributed by atoms with van der Waals surface area (Å²) in [7, 11) is 0. The highest BCUT2D eigenvalue weighted by molar-refractivity contribution is 5.69. The summed E-state index contributed by atoms with van der Waals surface area (Å²) in [6.07, 6.45) is 3.83. The summed E-state index contributed by atoms with van der Waals surface area (Å²) in [5, 5.41) is 16.2. The van der Waals surface area contributed by atoms with Crippen LogP contribution in [0.2, 0.25) is 0 Å². The Balaban J connectivity index is 0. The van der Waals surface area contributed by atoms with Gasteiger partial charge in [0.1, 0.15) is 0 Å². The lowest BCUT2D eigenvalue weighted by molar-refractivity contribution is -0.143. The molecule has 0 spiro atoms. The first-order chi connectivity index (χ1) is 8.22. The minimum Gasteiger partial charge on any atom is -0.466 e. The zero-order valence-electron chi connectivity index (χ0n) is 11.0. The van der Waals surface area contributed by atoms with E-state index in [2.05, 4.69) is 11.7 Å². The van der Waals surface area contributed by atoms with Gasteiger partial charge < -0.3 is 19.7 Å². The van der Waals surface area contributed by atoms with Crippen molar-refractivity contribution < 1.29 is 24.5 Å². The molecule has 0 heterocycles. The van der Waals surface area contributed by atoms with E-state index < -0.39 is 0 Å². The number of carbonyl (C=O) groups excluding carboxylic acids is 1. The van der Waals surface area contributed by atoms with E-state index >= 15 is 0 Å². The lowest BCUT2D eigenvalue weighted by atomic mass is 10.2. The van der Waals surface area contributed by atoms with Crippen LogP contribution in [0.1, 0.15) is 39.5 Å². The molecule has 0 aromatic rings. The first-order valence-electron chi connectivity index (χ1n) is 6.17. The zero-order chi connectivity index (χ0) is 13.4. The molecule has 0 unspecified atom stereocenters. The Labute approximate surface area is 104 Å². The van der Waals surface area contributed by atoms with Gasteiger partial charge in [-0.05, 0) is 13.3 Å². The Hall–Kier alpha value is -0.650. The van der Waals surface area contributed by atoms with E-state index in [1.54, 1.807) is 0 Å². The standard InChI is InChI=1S/C8H16O2.C4H10O3/c1-3-5-6-7-8(9)10-4-2;5-1-3-7-4-2-6/h3-7H2,1-2H3;5-6H,1-4H2. The van der Waals surface area contributed by atoms with Crippen LogP contribution in [0.3, 0.4) is 0 Å². The molecule has 0 aromatic heterocycles. The van der Waals surface area contributed by atoms with E-state index in [1.165, 1.54) is 0 Å². The van der Waals surface area contributed by atoms with Crippen molar-refractivity contribution in [2.45, 2.75) is 39.5 Å². The van der Waals surface area contributed by atoms with E-state index in [0.29, 0.717) is 26.2 Å². The predicted molar refractivity (Wildman–Crippen MR) is 65.8 cm³/mol. The summed E-state index contributed by atoms with van der Waals surface area (Å²) >= 11 is 0. The van der Waals surface area contributed by atoms with E-state index in [0.717, 1.165) is 19.3 Å². The highest BCUT2D eigenvalue weighted by Crippen LogP contribution is 1.99. The van der Waals surface area contributed by atoms with E-state index in [1.807, 2.05) is 6.92 Å². The average molecular weight is 250 g/mol. The number of hydrogen-bond acceptors (Lipinski definition) is 5. The van der Waals surface area contributed by atoms with Gasteiger partial charge in [-0.25, -0.2) is 0 Å². The van der Waals surface area contributed by atoms with Gasteiger partial charge in [0, 0.05) is 6.42 Å². The highest BCUT2D eigenvalue weighted by atomic mass is 16.5. The molecule has 17 heavy (non-hydrogen) atoms. The molecular formula is C12H26O5. The van der Waals surface area contributed by atoms with Crippen LogP contribution < -0.4 is 0 Å². The molecule has 0 saturated heterocycles. The maximum absolute atomic E-state index is 10.7. The number of aliphatic hydroxyl groups is 2. The lowest BCUT2D eigenvalue weighted by Crippen LogP contribution is -2.03. The molecule has 104 valence electrons. The smallest absolute Gasteiger partial charge is 0.305 e. The van der Waals surface area contributed by atoms with E-state index in [-0.39, 0.29) is 19.2 Å². The number of unbranched alkanes of at least 4 members (excludes halogenated alkanes) is 2. The molecule has 5 heteroatoms. The summed E-state index contributed by atoms with van der Waals surface area (Å²) in [5.74, 6) is -0.0593. The number of carbonyl (C=O) groups is 1. The monoisotopic (exact) mass is 250 g/mol. The van der Waals surface area contributed by atoms with Crippen molar-refractivity contribution in [2.24, 2.45) is 0 Å². The molecule has 0 aliphatic heterocycles. The van der Waals surface area contributed by atoms with Crippen LogP contribution in [0.4, 0.5) is 0 Å². The molecule has 2 N–H and O–H groups in total. The summed E-state index contributed by atoms with van der Waals surface area (Å²) in [4.78, 5) is 10.7. The summed E-state index contributed by atoms with van der Waals surface area (Å²) < 4.78 is 9.38. The molecule has 0 fully saturated rings. The van der Waals surface area contributed by atoms with Crippen molar-refractivity contribution in [1.82, 2.24) is 0 Å². The van der Waals surface area contributed by atoms with Crippen LogP contribution in [-0.2, 0) is 14.3 Å². The predicted octanol–water partition coefficient (Wildman–Crippen LogP) is 1.12. The molecule has 0 radical (unpaired) electrons. The second kappa shape index (κ2) is 17.7. The Kier molecular flexibility index (Phi) is 19.5. The fourth-order valence-corrected chi connectivity index (χ4v) is 0.984. The van der Waals surface area contributed by atoms with Crippen LogP contribution >= 0.6 is 0 Å². The third-order valence-electron chi connectivity index (χ3n) is 1.76. The van der Waals surface area contributed by atoms with Crippen LogP contribution in [0.15, 0.2) is 0 Å². The van der Waals surface area contributed by atoms with Crippen LogP contribution in [0.25, 0.3) is 0 Å². The molecule has 0 atom stereocenters. The van der Waals surface area contributed by atoms with Crippen molar-refractivity contribution in [3.8, 4) is 0 Å². The first-order valence-corrected chi connectivity index (χ1v) is 6.17. The molecule has 5 nitrogen and oxygen atoms in total. The van der Waals surface area contributed by atoms with Gasteiger partial charge in [0.15, 0.2) is 0 Å². The summed E-state index contributed by atoms with van der Waals surface area (Å²) in [6.45, 7) is 5.15. The van der Waals surface area contributed by atoms with Crippen molar-refractivity contribution in [3.05, 3.63) is 0 Å². The molecule has 0 bridgehead atoms. The summed E-state index contributed by atoms with van der Waals surface area (Å²) in [5.41, 5.74) is 0.